The molecular formula is C8H12N2O4. The molecule has 0 heterocycles. The molecule has 0 rings (SSSR count). The lowest BCUT2D eigenvalue weighted by Gasteiger charge is -2.17. The van der Waals surface area contributed by atoms with Crippen LogP contribution in [-0.2, 0) is 19.1 Å². The van der Waals surface area contributed by atoms with E-state index in [0.29, 0.717) is 26.0 Å². The van der Waals surface area contributed by atoms with Crippen LogP contribution in [-0.4, -0.2) is 50.7 Å². The van der Waals surface area contributed by atoms with Crippen LogP contribution in [0, 0.1) is 11.3 Å². The monoisotopic (exact) mass is 200 g/mol. The first-order chi connectivity index (χ1) is 6.85. The molecule has 0 spiro atoms. The molecular weight excluding hydrogens is 188 g/mol. The van der Waals surface area contributed by atoms with Crippen molar-refractivity contribution in [2.75, 3.05) is 32.8 Å². The highest BCUT2D eigenvalue weighted by Gasteiger charge is 2.03. The Morgan fingerprint density at radius 3 is 2.00 bits per heavy atom. The number of carbonyl (C=O) groups excluding carboxylic acids is 2. The van der Waals surface area contributed by atoms with Gasteiger partial charge in [-0.2, -0.15) is 5.26 Å². The lowest BCUT2D eigenvalue weighted by Crippen LogP contribution is -2.31. The van der Waals surface area contributed by atoms with E-state index in [0.717, 1.165) is 0 Å². The Labute approximate surface area is 82.0 Å². The second-order valence-corrected chi connectivity index (χ2v) is 2.37. The van der Waals surface area contributed by atoms with Gasteiger partial charge in [0.05, 0.1) is 12.6 Å². The first-order valence-electron chi connectivity index (χ1n) is 4.05. The standard InChI is InChI=1S/C8H12N2O4/c9-1-2-10(3-5-13-7-11)4-6-14-8-12/h7-8H,2-6H2. The fourth-order valence-electron chi connectivity index (χ4n) is 0.830. The molecule has 0 aliphatic rings. The van der Waals surface area contributed by atoms with Crippen LogP contribution < -0.4 is 0 Å². The van der Waals surface area contributed by atoms with Crippen LogP contribution in [0.2, 0.25) is 0 Å². The SMILES string of the molecule is N#CCN(CCOC=O)CCOC=O. The molecule has 0 fully saturated rings. The topological polar surface area (TPSA) is 79.6 Å². The average molecular weight is 200 g/mol. The second-order valence-electron chi connectivity index (χ2n) is 2.37. The van der Waals surface area contributed by atoms with Crippen LogP contribution in [0.3, 0.4) is 0 Å². The zero-order chi connectivity index (χ0) is 10.6. The van der Waals surface area contributed by atoms with E-state index in [1.807, 2.05) is 6.07 Å². The minimum absolute atomic E-state index is 0.213. The molecule has 0 aliphatic heterocycles. The Kier molecular flexibility index (Phi) is 8.39. The van der Waals surface area contributed by atoms with Gasteiger partial charge in [-0.1, -0.05) is 0 Å². The highest BCUT2D eigenvalue weighted by Crippen LogP contribution is 1.87. The third-order valence-corrected chi connectivity index (χ3v) is 1.48. The van der Waals surface area contributed by atoms with Gasteiger partial charge in [-0.15, -0.1) is 0 Å². The summed E-state index contributed by atoms with van der Waals surface area (Å²) in [6.07, 6.45) is 0. The van der Waals surface area contributed by atoms with E-state index in [1.165, 1.54) is 0 Å². The summed E-state index contributed by atoms with van der Waals surface area (Å²) >= 11 is 0. The van der Waals surface area contributed by atoms with E-state index in [4.69, 9.17) is 5.26 Å². The van der Waals surface area contributed by atoms with E-state index < -0.39 is 0 Å². The van der Waals surface area contributed by atoms with Crippen molar-refractivity contribution in [3.63, 3.8) is 0 Å². The summed E-state index contributed by atoms with van der Waals surface area (Å²) in [5.74, 6) is 0. The van der Waals surface area contributed by atoms with Gasteiger partial charge >= 0.3 is 0 Å². The van der Waals surface area contributed by atoms with Crippen LogP contribution in [0.15, 0.2) is 0 Å². The molecule has 0 amide bonds. The van der Waals surface area contributed by atoms with Crippen molar-refractivity contribution in [2.24, 2.45) is 0 Å². The van der Waals surface area contributed by atoms with Gasteiger partial charge in [0.1, 0.15) is 13.2 Å². The molecule has 0 aliphatic carbocycles. The molecule has 6 nitrogen and oxygen atoms in total. The van der Waals surface area contributed by atoms with Crippen molar-refractivity contribution in [2.45, 2.75) is 0 Å². The third-order valence-electron chi connectivity index (χ3n) is 1.48. The van der Waals surface area contributed by atoms with Crippen LogP contribution in [0.4, 0.5) is 0 Å². The highest BCUT2D eigenvalue weighted by molar-refractivity contribution is 5.37. The van der Waals surface area contributed by atoms with Crippen LogP contribution in [0.25, 0.3) is 0 Å². The molecule has 0 aromatic carbocycles. The van der Waals surface area contributed by atoms with Gasteiger partial charge in [-0.25, -0.2) is 0 Å². The minimum atomic E-state index is 0.213. The molecule has 0 bridgehead atoms. The fourth-order valence-corrected chi connectivity index (χ4v) is 0.830. The molecule has 6 heteroatoms. The van der Waals surface area contributed by atoms with E-state index in [-0.39, 0.29) is 19.8 Å². The Balaban J connectivity index is 3.60. The number of carbonyl (C=O) groups is 2. The Morgan fingerprint density at radius 1 is 1.14 bits per heavy atom. The molecule has 0 saturated carbocycles. The molecule has 0 radical (unpaired) electrons. The predicted molar refractivity (Wildman–Crippen MR) is 46.1 cm³/mol. The lowest BCUT2D eigenvalue weighted by atomic mass is 10.4. The molecule has 0 N–H and O–H groups in total. The molecule has 0 aromatic heterocycles. The molecule has 14 heavy (non-hydrogen) atoms. The first kappa shape index (κ1) is 12.4. The maximum atomic E-state index is 9.83. The first-order valence-corrected chi connectivity index (χ1v) is 4.05. The zero-order valence-electron chi connectivity index (χ0n) is 7.72. The Hall–Kier alpha value is -1.61. The van der Waals surface area contributed by atoms with Gasteiger partial charge in [0.25, 0.3) is 12.9 Å². The summed E-state index contributed by atoms with van der Waals surface area (Å²) in [4.78, 5) is 21.4. The molecule has 0 unspecified atom stereocenters. The summed E-state index contributed by atoms with van der Waals surface area (Å²) < 4.78 is 8.95. The summed E-state index contributed by atoms with van der Waals surface area (Å²) in [6.45, 7) is 2.28. The Bertz CT molecular complexity index is 188. The van der Waals surface area contributed by atoms with Gasteiger partial charge in [0.15, 0.2) is 0 Å². The van der Waals surface area contributed by atoms with E-state index in [2.05, 4.69) is 9.47 Å². The zero-order valence-corrected chi connectivity index (χ0v) is 7.72. The van der Waals surface area contributed by atoms with Crippen molar-refractivity contribution in [3.8, 4) is 6.07 Å². The maximum Gasteiger partial charge on any atom is 0.293 e. The highest BCUT2D eigenvalue weighted by atomic mass is 16.5. The maximum absolute atomic E-state index is 9.83. The number of rotatable bonds is 9. The van der Waals surface area contributed by atoms with E-state index >= 15 is 0 Å². The third kappa shape index (κ3) is 7.06. The molecule has 0 atom stereocenters. The molecule has 78 valence electrons. The van der Waals surface area contributed by atoms with Crippen molar-refractivity contribution in [3.05, 3.63) is 0 Å². The molecule has 0 aromatic rings. The van der Waals surface area contributed by atoms with Crippen LogP contribution >= 0.6 is 0 Å². The Morgan fingerprint density at radius 2 is 1.64 bits per heavy atom. The number of hydrogen-bond acceptors (Lipinski definition) is 6. The normalized spacial score (nSPS) is 9.14. The van der Waals surface area contributed by atoms with Crippen molar-refractivity contribution >= 4 is 12.9 Å². The minimum Gasteiger partial charge on any atom is -0.467 e. The summed E-state index contributed by atoms with van der Waals surface area (Å²) in [7, 11) is 0. The predicted octanol–water partition coefficient (Wildman–Crippen LogP) is -0.842. The van der Waals surface area contributed by atoms with Crippen LogP contribution in [0.5, 0.6) is 0 Å². The van der Waals surface area contributed by atoms with Gasteiger partial charge in [-0.3, -0.25) is 14.5 Å². The fraction of sp³-hybridized carbons (Fsp3) is 0.625. The van der Waals surface area contributed by atoms with Crippen molar-refractivity contribution in [1.82, 2.24) is 4.90 Å². The average Bonchev–Trinajstić information content (AvgIpc) is 2.18. The van der Waals surface area contributed by atoms with Gasteiger partial charge in [0.2, 0.25) is 0 Å². The summed E-state index contributed by atoms with van der Waals surface area (Å²) in [5.41, 5.74) is 0. The number of ether oxygens (including phenoxy) is 2. The lowest BCUT2D eigenvalue weighted by molar-refractivity contribution is -0.129. The van der Waals surface area contributed by atoms with Gasteiger partial charge in [-0.05, 0) is 0 Å². The second kappa shape index (κ2) is 9.48. The van der Waals surface area contributed by atoms with E-state index in [1.54, 1.807) is 4.90 Å². The quantitative estimate of drug-likeness (QED) is 0.274. The number of hydrogen-bond donors (Lipinski definition) is 0. The van der Waals surface area contributed by atoms with Crippen molar-refractivity contribution in [1.29, 1.82) is 5.26 Å². The van der Waals surface area contributed by atoms with Crippen molar-refractivity contribution < 1.29 is 19.1 Å². The van der Waals surface area contributed by atoms with E-state index in [9.17, 15) is 9.59 Å². The molecule has 0 saturated heterocycles. The summed E-state index contributed by atoms with van der Waals surface area (Å²) in [6, 6.07) is 1.96. The van der Waals surface area contributed by atoms with Crippen LogP contribution in [0.1, 0.15) is 0 Å². The number of nitrogens with zero attached hydrogens (tertiary/aromatic N) is 2. The van der Waals surface area contributed by atoms with Gasteiger partial charge < -0.3 is 9.47 Å². The smallest absolute Gasteiger partial charge is 0.293 e. The largest absolute Gasteiger partial charge is 0.467 e. The summed E-state index contributed by atoms with van der Waals surface area (Å²) in [5, 5.41) is 8.44. The van der Waals surface area contributed by atoms with Gasteiger partial charge in [0, 0.05) is 13.1 Å². The number of nitriles is 1.